The summed E-state index contributed by atoms with van der Waals surface area (Å²) in [4.78, 5) is 0. The van der Waals surface area contributed by atoms with E-state index in [1.807, 2.05) is 24.3 Å². The minimum Gasteiger partial charge on any atom is -0.457 e. The molecule has 10 rings (SSSR count). The minimum absolute atomic E-state index is 0.583. The lowest BCUT2D eigenvalue weighted by Gasteiger charge is -2.39. The fourth-order valence-corrected chi connectivity index (χ4v) is 8.49. The number of rotatable bonds is 2. The van der Waals surface area contributed by atoms with Gasteiger partial charge in [-0.05, 0) is 90.3 Å². The van der Waals surface area contributed by atoms with Crippen LogP contribution in [0.25, 0.3) is 54.9 Å². The zero-order valence-electron chi connectivity index (χ0n) is 25.9. The molecule has 0 amide bonds. The van der Waals surface area contributed by atoms with Crippen LogP contribution in [-0.4, -0.2) is 0 Å². The van der Waals surface area contributed by atoms with Crippen LogP contribution in [0.5, 0.6) is 11.5 Å². The number of benzene rings is 8. The first-order valence-electron chi connectivity index (χ1n) is 16.3. The number of para-hydroxylation sites is 1. The third kappa shape index (κ3) is 3.51. The first-order chi connectivity index (χ1) is 23.8. The molecular formula is C46H27NO. The molecule has 1 spiro atoms. The Morgan fingerprint density at radius 2 is 0.979 bits per heavy atom. The predicted molar refractivity (Wildman–Crippen MR) is 194 cm³/mol. The molecule has 8 aromatic carbocycles. The van der Waals surface area contributed by atoms with Gasteiger partial charge in [-0.1, -0.05) is 140 Å². The van der Waals surface area contributed by atoms with Crippen molar-refractivity contribution < 1.29 is 4.74 Å². The van der Waals surface area contributed by atoms with Crippen molar-refractivity contribution in [2.24, 2.45) is 0 Å². The van der Waals surface area contributed by atoms with Crippen molar-refractivity contribution in [3.63, 3.8) is 0 Å². The van der Waals surface area contributed by atoms with Gasteiger partial charge in [-0.25, -0.2) is 0 Å². The summed E-state index contributed by atoms with van der Waals surface area (Å²) in [5.74, 6) is 1.54. The third-order valence-electron chi connectivity index (χ3n) is 10.4. The molecule has 0 N–H and O–H groups in total. The quantitative estimate of drug-likeness (QED) is 0.183. The van der Waals surface area contributed by atoms with Crippen LogP contribution < -0.4 is 4.74 Å². The second-order valence-corrected chi connectivity index (χ2v) is 12.7. The Kier molecular flexibility index (Phi) is 5.59. The van der Waals surface area contributed by atoms with E-state index in [1.54, 1.807) is 0 Å². The van der Waals surface area contributed by atoms with Crippen LogP contribution in [0, 0.1) is 11.3 Å². The van der Waals surface area contributed by atoms with Gasteiger partial charge < -0.3 is 4.74 Å². The van der Waals surface area contributed by atoms with Crippen molar-refractivity contribution in [2.75, 3.05) is 0 Å². The van der Waals surface area contributed by atoms with E-state index in [-0.39, 0.29) is 0 Å². The smallest absolute Gasteiger partial charge is 0.133 e. The second-order valence-electron chi connectivity index (χ2n) is 12.7. The topological polar surface area (TPSA) is 33.0 Å². The predicted octanol–water partition coefficient (Wildman–Crippen LogP) is 11.7. The van der Waals surface area contributed by atoms with Gasteiger partial charge in [-0.15, -0.1) is 0 Å². The molecule has 0 bridgehead atoms. The summed E-state index contributed by atoms with van der Waals surface area (Å²) >= 11 is 0. The van der Waals surface area contributed by atoms with Crippen molar-refractivity contribution in [2.45, 2.75) is 5.41 Å². The highest BCUT2D eigenvalue weighted by Gasteiger charge is 2.51. The van der Waals surface area contributed by atoms with Crippen LogP contribution in [0.1, 0.15) is 27.8 Å². The monoisotopic (exact) mass is 609 g/mol. The zero-order valence-corrected chi connectivity index (χ0v) is 25.9. The lowest BCUT2D eigenvalue weighted by Crippen LogP contribution is -2.32. The summed E-state index contributed by atoms with van der Waals surface area (Å²) < 4.78 is 6.57. The number of fused-ring (bicyclic) bond motifs is 11. The molecule has 1 atom stereocenters. The van der Waals surface area contributed by atoms with E-state index in [0.717, 1.165) is 22.6 Å². The first kappa shape index (κ1) is 26.8. The highest BCUT2D eigenvalue weighted by atomic mass is 16.5. The summed E-state index contributed by atoms with van der Waals surface area (Å²) in [5, 5.41) is 14.8. The lowest BCUT2D eigenvalue weighted by molar-refractivity contribution is 0.436. The van der Waals surface area contributed by atoms with Crippen LogP contribution in [0.4, 0.5) is 0 Å². The third-order valence-corrected chi connectivity index (χ3v) is 10.4. The average Bonchev–Trinajstić information content (AvgIpc) is 3.44. The van der Waals surface area contributed by atoms with Gasteiger partial charge in [-0.2, -0.15) is 5.26 Å². The minimum atomic E-state index is -0.615. The molecule has 8 aromatic rings. The largest absolute Gasteiger partial charge is 0.457 e. The molecule has 48 heavy (non-hydrogen) atoms. The first-order valence-corrected chi connectivity index (χ1v) is 16.3. The van der Waals surface area contributed by atoms with Gasteiger partial charge in [0.15, 0.2) is 0 Å². The fraction of sp³-hybridized carbons (Fsp3) is 0.0217. The fourth-order valence-electron chi connectivity index (χ4n) is 8.49. The van der Waals surface area contributed by atoms with E-state index in [9.17, 15) is 5.26 Å². The van der Waals surface area contributed by atoms with E-state index in [0.29, 0.717) is 5.56 Å². The highest BCUT2D eigenvalue weighted by molar-refractivity contribution is 6.21. The summed E-state index contributed by atoms with van der Waals surface area (Å²) in [5.41, 5.74) is 11.9. The maximum atomic E-state index is 9.83. The summed E-state index contributed by atoms with van der Waals surface area (Å²) in [7, 11) is 0. The van der Waals surface area contributed by atoms with E-state index < -0.39 is 5.41 Å². The Labute approximate surface area is 278 Å². The van der Waals surface area contributed by atoms with Crippen molar-refractivity contribution in [1.29, 1.82) is 5.26 Å². The van der Waals surface area contributed by atoms with Crippen LogP contribution >= 0.6 is 0 Å². The molecule has 2 heteroatoms. The normalized spacial score (nSPS) is 15.3. The highest BCUT2D eigenvalue weighted by Crippen LogP contribution is 2.62. The number of ether oxygens (including phenoxy) is 1. The number of nitriles is 1. The molecule has 1 unspecified atom stereocenters. The van der Waals surface area contributed by atoms with E-state index in [1.165, 1.54) is 66.1 Å². The summed E-state index contributed by atoms with van der Waals surface area (Å²) in [6.45, 7) is 0. The van der Waals surface area contributed by atoms with Gasteiger partial charge in [0.2, 0.25) is 0 Å². The van der Waals surface area contributed by atoms with Gasteiger partial charge >= 0.3 is 0 Å². The van der Waals surface area contributed by atoms with Crippen molar-refractivity contribution in [3.8, 4) is 50.9 Å². The standard InChI is InChI=1S/C46H27NO/c47-28-29-22-25-40-43(26-29)48-42-21-11-10-20-39(42)46(40)38-19-9-8-14-32(38)33-24-23-31(27-41(33)46)45-36-17-6-4-15-34(36)44(30-12-2-1-3-13-30)35-16-5-7-18-37(35)45/h1-27H. The number of nitrogens with zero attached hydrogens (tertiary/aromatic N) is 1. The lowest BCUT2D eigenvalue weighted by atomic mass is 9.65. The molecule has 0 saturated heterocycles. The van der Waals surface area contributed by atoms with Gasteiger partial charge in [0.1, 0.15) is 11.5 Å². The van der Waals surface area contributed by atoms with E-state index in [2.05, 4.69) is 146 Å². The van der Waals surface area contributed by atoms with Gasteiger partial charge in [-0.3, -0.25) is 0 Å². The Morgan fingerprint density at radius 1 is 0.417 bits per heavy atom. The molecule has 2 nitrogen and oxygen atoms in total. The van der Waals surface area contributed by atoms with Crippen molar-refractivity contribution in [3.05, 3.63) is 192 Å². The molecule has 0 aromatic heterocycles. The van der Waals surface area contributed by atoms with Crippen LogP contribution in [0.3, 0.4) is 0 Å². The Bertz CT molecular complexity index is 2610. The SMILES string of the molecule is N#Cc1ccc2c(c1)Oc1ccccc1C21c2ccccc2-c2ccc(-c3c4ccccc4c(-c4ccccc4)c4ccccc34)cc21. The zero-order chi connectivity index (χ0) is 31.8. The average molecular weight is 610 g/mol. The van der Waals surface area contributed by atoms with Gasteiger partial charge in [0.05, 0.1) is 17.0 Å². The molecule has 1 aliphatic carbocycles. The van der Waals surface area contributed by atoms with Crippen LogP contribution in [0.2, 0.25) is 0 Å². The van der Waals surface area contributed by atoms with Gasteiger partial charge in [0.25, 0.3) is 0 Å². The number of hydrogen-bond acceptors (Lipinski definition) is 2. The molecule has 1 aliphatic heterocycles. The molecule has 0 radical (unpaired) electrons. The summed E-state index contributed by atoms with van der Waals surface area (Å²) in [6, 6.07) is 60.8. The maximum absolute atomic E-state index is 9.83. The van der Waals surface area contributed by atoms with Crippen molar-refractivity contribution >= 4 is 21.5 Å². The van der Waals surface area contributed by atoms with Crippen LogP contribution in [0.15, 0.2) is 164 Å². The van der Waals surface area contributed by atoms with Crippen LogP contribution in [-0.2, 0) is 5.41 Å². The second kappa shape index (κ2) is 10.0. The molecular weight excluding hydrogens is 583 g/mol. The Morgan fingerprint density at radius 3 is 1.69 bits per heavy atom. The Hall–Kier alpha value is -6.43. The molecule has 2 aliphatic rings. The summed E-state index contributed by atoms with van der Waals surface area (Å²) in [6.07, 6.45) is 0. The van der Waals surface area contributed by atoms with Gasteiger partial charge in [0, 0.05) is 11.1 Å². The Balaban J connectivity index is 1.33. The van der Waals surface area contributed by atoms with Crippen molar-refractivity contribution in [1.82, 2.24) is 0 Å². The molecule has 0 fully saturated rings. The molecule has 0 saturated carbocycles. The maximum Gasteiger partial charge on any atom is 0.133 e. The molecule has 1 heterocycles. The van der Waals surface area contributed by atoms with E-state index in [4.69, 9.17) is 4.74 Å². The van der Waals surface area contributed by atoms with E-state index >= 15 is 0 Å². The number of hydrogen-bond donors (Lipinski definition) is 0. The molecule has 222 valence electrons.